The molecule has 1 rings (SSSR count). The first-order valence-corrected chi connectivity index (χ1v) is 23.7. The van der Waals surface area contributed by atoms with E-state index >= 15 is 0 Å². The summed E-state index contributed by atoms with van der Waals surface area (Å²) < 4.78 is 34.1. The van der Waals surface area contributed by atoms with Crippen molar-refractivity contribution in [2.24, 2.45) is 0 Å². The molecule has 0 bridgehead atoms. The maximum absolute atomic E-state index is 12.8. The Hall–Kier alpha value is -1.18. The van der Waals surface area contributed by atoms with Crippen molar-refractivity contribution >= 4 is 13.8 Å². The van der Waals surface area contributed by atoms with Gasteiger partial charge in [-0.1, -0.05) is 160 Å². The number of phosphoric ester groups is 1. The molecule has 0 aromatic heterocycles. The Bertz CT molecular complexity index is 1030. The zero-order chi connectivity index (χ0) is 41.3. The second-order valence-corrected chi connectivity index (χ2v) is 17.0. The highest BCUT2D eigenvalue weighted by Crippen LogP contribution is 2.47. The van der Waals surface area contributed by atoms with Crippen molar-refractivity contribution in [1.82, 2.24) is 0 Å². The Morgan fingerprint density at radius 2 is 1.02 bits per heavy atom. The van der Waals surface area contributed by atoms with E-state index in [1.807, 2.05) is 0 Å². The van der Waals surface area contributed by atoms with Crippen molar-refractivity contribution in [2.45, 2.75) is 224 Å². The highest BCUT2D eigenvalue weighted by atomic mass is 31.2. The minimum atomic E-state index is -5.01. The molecule has 13 heteroatoms. The van der Waals surface area contributed by atoms with Crippen LogP contribution in [-0.4, -0.2) is 98.9 Å². The average Bonchev–Trinajstić information content (AvgIpc) is 3.18. The van der Waals surface area contributed by atoms with Crippen LogP contribution in [0.5, 0.6) is 0 Å². The van der Waals surface area contributed by atoms with Gasteiger partial charge in [0, 0.05) is 13.0 Å². The van der Waals surface area contributed by atoms with E-state index in [1.54, 1.807) is 0 Å². The largest absolute Gasteiger partial charge is 0.472 e. The van der Waals surface area contributed by atoms with E-state index in [2.05, 4.69) is 38.2 Å². The highest BCUT2D eigenvalue weighted by Gasteiger charge is 2.51. The van der Waals surface area contributed by atoms with Crippen LogP contribution in [0.3, 0.4) is 0 Å². The van der Waals surface area contributed by atoms with Crippen LogP contribution in [0.2, 0.25) is 0 Å². The van der Waals surface area contributed by atoms with Gasteiger partial charge in [-0.3, -0.25) is 13.8 Å². The lowest BCUT2D eigenvalue weighted by atomic mass is 9.85. The zero-order valence-electron chi connectivity index (χ0n) is 34.9. The number of unbranched alkanes of at least 4 members (excludes halogenated alkanes) is 21. The lowest BCUT2D eigenvalue weighted by molar-refractivity contribution is -0.220. The van der Waals surface area contributed by atoms with Gasteiger partial charge in [-0.2, -0.15) is 0 Å². The maximum Gasteiger partial charge on any atom is 0.472 e. The third kappa shape index (κ3) is 26.7. The number of ether oxygens (including phenoxy) is 2. The second-order valence-electron chi connectivity index (χ2n) is 15.6. The van der Waals surface area contributed by atoms with Gasteiger partial charge in [-0.15, -0.1) is 0 Å². The van der Waals surface area contributed by atoms with Crippen LogP contribution in [0, 0.1) is 0 Å². The number of esters is 1. The molecular weight excluding hydrogens is 739 g/mol. The summed E-state index contributed by atoms with van der Waals surface area (Å²) in [6.45, 7) is 4.20. The standard InChI is InChI=1S/C43H81O12P/c1-3-5-7-9-11-13-15-17-19-21-23-25-27-29-31-33-52-34-36(35-53-56(50,51)55-43-41(48)39(46)38(45)40(47)42(43)49)54-37(44)32-30-28-26-24-22-20-18-16-14-12-10-8-6-4-2/h9,11,15,17,36,38-43,45-49H,3-8,10,12-14,16,18-35H2,1-2H3,(H,50,51)/b11-9-,17-15-. The summed E-state index contributed by atoms with van der Waals surface area (Å²) in [4.78, 5) is 23.1. The number of hydrogen-bond acceptors (Lipinski definition) is 11. The van der Waals surface area contributed by atoms with E-state index in [-0.39, 0.29) is 13.0 Å². The SMILES string of the molecule is CCCC/C=C\C/C=C\CCCCCCCCOCC(COP(=O)(O)OC1C(O)C(O)C(O)C(O)C1O)OC(=O)CCCCCCCCCCCCCCCC. The number of aliphatic hydroxyl groups is 5. The molecule has 6 N–H and O–H groups in total. The van der Waals surface area contributed by atoms with Crippen LogP contribution < -0.4 is 0 Å². The van der Waals surface area contributed by atoms with E-state index in [1.165, 1.54) is 89.9 Å². The van der Waals surface area contributed by atoms with Crippen molar-refractivity contribution in [3.8, 4) is 0 Å². The molecule has 0 radical (unpaired) electrons. The maximum atomic E-state index is 12.8. The van der Waals surface area contributed by atoms with E-state index in [4.69, 9.17) is 18.5 Å². The molecule has 6 atom stereocenters. The Morgan fingerprint density at radius 1 is 0.571 bits per heavy atom. The van der Waals surface area contributed by atoms with Gasteiger partial charge < -0.3 is 39.9 Å². The molecule has 1 fully saturated rings. The lowest BCUT2D eigenvalue weighted by Gasteiger charge is -2.41. The Kier molecular flexibility index (Phi) is 32.7. The van der Waals surface area contributed by atoms with Gasteiger partial charge in [0.1, 0.15) is 42.7 Å². The number of phosphoric acid groups is 1. The third-order valence-corrected chi connectivity index (χ3v) is 11.3. The first-order valence-electron chi connectivity index (χ1n) is 22.2. The predicted molar refractivity (Wildman–Crippen MR) is 221 cm³/mol. The summed E-state index contributed by atoms with van der Waals surface area (Å²) in [5, 5.41) is 50.1. The third-order valence-electron chi connectivity index (χ3n) is 10.3. The van der Waals surface area contributed by atoms with Crippen molar-refractivity contribution in [3.63, 3.8) is 0 Å². The molecule has 0 heterocycles. The van der Waals surface area contributed by atoms with Crippen LogP contribution in [0.25, 0.3) is 0 Å². The van der Waals surface area contributed by atoms with Crippen molar-refractivity contribution < 1.29 is 58.3 Å². The molecule has 1 aliphatic rings. The van der Waals surface area contributed by atoms with Gasteiger partial charge in [-0.05, 0) is 38.5 Å². The minimum Gasteiger partial charge on any atom is -0.457 e. The van der Waals surface area contributed by atoms with Gasteiger partial charge in [0.25, 0.3) is 0 Å². The molecule has 0 aromatic rings. The molecule has 0 aromatic carbocycles. The molecule has 1 saturated carbocycles. The van der Waals surface area contributed by atoms with Gasteiger partial charge in [0.05, 0.1) is 13.2 Å². The lowest BCUT2D eigenvalue weighted by Crippen LogP contribution is -2.64. The average molecular weight is 821 g/mol. The topological polar surface area (TPSA) is 192 Å². The number of carbonyl (C=O) groups is 1. The van der Waals surface area contributed by atoms with E-state index in [0.717, 1.165) is 64.2 Å². The van der Waals surface area contributed by atoms with Crippen LogP contribution in [0.15, 0.2) is 24.3 Å². The number of carbonyl (C=O) groups excluding carboxylic acids is 1. The molecule has 0 spiro atoms. The number of allylic oxidation sites excluding steroid dienone is 4. The molecule has 1 aliphatic carbocycles. The van der Waals surface area contributed by atoms with Crippen molar-refractivity contribution in [3.05, 3.63) is 24.3 Å². The number of rotatable bonds is 37. The molecule has 6 unspecified atom stereocenters. The summed E-state index contributed by atoms with van der Waals surface area (Å²) in [5.41, 5.74) is 0. The molecular formula is C43H81O12P. The van der Waals surface area contributed by atoms with Gasteiger partial charge >= 0.3 is 13.8 Å². The Morgan fingerprint density at radius 3 is 1.55 bits per heavy atom. The van der Waals surface area contributed by atoms with Crippen LogP contribution in [0.4, 0.5) is 0 Å². The summed E-state index contributed by atoms with van der Waals surface area (Å²) in [5.74, 6) is -0.480. The second kappa shape index (κ2) is 34.7. The normalized spacial score (nSPS) is 23.2. The van der Waals surface area contributed by atoms with Gasteiger partial charge in [-0.25, -0.2) is 4.57 Å². The molecule has 0 saturated heterocycles. The summed E-state index contributed by atoms with van der Waals surface area (Å²) in [7, 11) is -5.01. The molecule has 0 aliphatic heterocycles. The summed E-state index contributed by atoms with van der Waals surface area (Å²) >= 11 is 0. The summed E-state index contributed by atoms with van der Waals surface area (Å²) in [6, 6.07) is 0. The smallest absolute Gasteiger partial charge is 0.457 e. The minimum absolute atomic E-state index is 0.0805. The number of hydrogen-bond donors (Lipinski definition) is 6. The first-order chi connectivity index (χ1) is 27.0. The predicted octanol–water partition coefficient (Wildman–Crippen LogP) is 8.53. The van der Waals surface area contributed by atoms with E-state index < -0.39 is 63.1 Å². The number of aliphatic hydroxyl groups excluding tert-OH is 5. The van der Waals surface area contributed by atoms with Crippen LogP contribution >= 0.6 is 7.82 Å². The van der Waals surface area contributed by atoms with E-state index in [0.29, 0.717) is 13.0 Å². The fourth-order valence-corrected chi connectivity index (χ4v) is 7.70. The zero-order valence-corrected chi connectivity index (χ0v) is 35.8. The van der Waals surface area contributed by atoms with Gasteiger partial charge in [0.2, 0.25) is 0 Å². The van der Waals surface area contributed by atoms with E-state index in [9.17, 15) is 39.8 Å². The fraction of sp³-hybridized carbons (Fsp3) is 0.884. The highest BCUT2D eigenvalue weighted by molar-refractivity contribution is 7.47. The van der Waals surface area contributed by atoms with Crippen LogP contribution in [0.1, 0.15) is 181 Å². The molecule has 56 heavy (non-hydrogen) atoms. The summed E-state index contributed by atoms with van der Waals surface area (Å²) in [6.07, 6.45) is 25.3. The Labute approximate surface area is 339 Å². The monoisotopic (exact) mass is 821 g/mol. The van der Waals surface area contributed by atoms with Crippen LogP contribution in [-0.2, 0) is 27.9 Å². The van der Waals surface area contributed by atoms with Gasteiger partial charge in [0.15, 0.2) is 0 Å². The van der Waals surface area contributed by atoms with Crippen molar-refractivity contribution in [1.29, 1.82) is 0 Å². The molecule has 12 nitrogen and oxygen atoms in total. The first kappa shape index (κ1) is 52.8. The Balaban J connectivity index is 2.42. The quantitative estimate of drug-likeness (QED) is 0.0152. The van der Waals surface area contributed by atoms with Crippen molar-refractivity contribution in [2.75, 3.05) is 19.8 Å². The fourth-order valence-electron chi connectivity index (χ4n) is 6.72. The molecule has 0 amide bonds. The molecule has 330 valence electrons.